The second kappa shape index (κ2) is 8.30. The summed E-state index contributed by atoms with van der Waals surface area (Å²) >= 11 is 3.36. The van der Waals surface area contributed by atoms with Crippen LogP contribution >= 0.6 is 15.9 Å². The molecule has 0 N–H and O–H groups in total. The number of ether oxygens (including phenoxy) is 1. The summed E-state index contributed by atoms with van der Waals surface area (Å²) in [7, 11) is 0. The number of unbranched alkanes of at least 4 members (excludes halogenated alkanes) is 3. The maximum atomic E-state index is 10.7. The van der Waals surface area contributed by atoms with Gasteiger partial charge in [0, 0.05) is 10.0 Å². The van der Waals surface area contributed by atoms with Crippen molar-refractivity contribution in [1.29, 1.82) is 0 Å². The van der Waals surface area contributed by atoms with Crippen molar-refractivity contribution in [2.75, 3.05) is 0 Å². The molecular weight excluding hydrogens is 292 g/mol. The molecule has 1 aromatic rings. The van der Waals surface area contributed by atoms with Crippen LogP contribution in [0.25, 0.3) is 0 Å². The predicted molar refractivity (Wildman–Crippen MR) is 78.4 cm³/mol. The van der Waals surface area contributed by atoms with Crippen molar-refractivity contribution in [3.05, 3.63) is 28.2 Å². The Balaban J connectivity index is 2.41. The van der Waals surface area contributed by atoms with Crippen LogP contribution in [0.15, 0.2) is 22.7 Å². The molecular formula is C15H21BrO2. The lowest BCUT2D eigenvalue weighted by Gasteiger charge is -2.15. The van der Waals surface area contributed by atoms with Crippen LogP contribution in [0.3, 0.4) is 0 Å². The number of carbonyl (C=O) groups excluding carboxylic acids is 1. The third kappa shape index (κ3) is 5.21. The molecule has 0 aliphatic carbocycles. The Hall–Kier alpha value is -0.830. The summed E-state index contributed by atoms with van der Waals surface area (Å²) in [5.41, 5.74) is 0.651. The van der Waals surface area contributed by atoms with Crippen molar-refractivity contribution in [3.8, 4) is 5.75 Å². The van der Waals surface area contributed by atoms with Gasteiger partial charge in [0.2, 0.25) is 0 Å². The predicted octanol–water partition coefficient (Wildman–Crippen LogP) is 5.00. The average molecular weight is 313 g/mol. The number of hydrogen-bond donors (Lipinski definition) is 0. The van der Waals surface area contributed by atoms with Crippen molar-refractivity contribution in [2.24, 2.45) is 0 Å². The summed E-state index contributed by atoms with van der Waals surface area (Å²) in [4.78, 5) is 10.7. The van der Waals surface area contributed by atoms with Gasteiger partial charge < -0.3 is 4.74 Å². The summed E-state index contributed by atoms with van der Waals surface area (Å²) < 4.78 is 6.61. The Morgan fingerprint density at radius 2 is 2.11 bits per heavy atom. The van der Waals surface area contributed by atoms with Crippen LogP contribution in [-0.2, 0) is 0 Å². The fourth-order valence-corrected chi connectivity index (χ4v) is 2.28. The molecule has 1 aromatic carbocycles. The zero-order valence-electron chi connectivity index (χ0n) is 11.1. The van der Waals surface area contributed by atoms with E-state index >= 15 is 0 Å². The molecule has 1 rings (SSSR count). The molecule has 2 nitrogen and oxygen atoms in total. The highest BCUT2D eigenvalue weighted by Crippen LogP contribution is 2.23. The van der Waals surface area contributed by atoms with Crippen LogP contribution in [0.2, 0.25) is 0 Å². The van der Waals surface area contributed by atoms with Crippen molar-refractivity contribution >= 4 is 22.2 Å². The summed E-state index contributed by atoms with van der Waals surface area (Å²) in [5.74, 6) is 0.815. The maximum Gasteiger partial charge on any atom is 0.151 e. The van der Waals surface area contributed by atoms with Crippen molar-refractivity contribution < 1.29 is 9.53 Å². The van der Waals surface area contributed by atoms with E-state index in [1.165, 1.54) is 25.7 Å². The normalized spacial score (nSPS) is 12.2. The van der Waals surface area contributed by atoms with Gasteiger partial charge in [0.15, 0.2) is 6.29 Å². The largest absolute Gasteiger partial charge is 0.491 e. The quantitative estimate of drug-likeness (QED) is 0.499. The Morgan fingerprint density at radius 1 is 1.33 bits per heavy atom. The van der Waals surface area contributed by atoms with Crippen LogP contribution < -0.4 is 4.74 Å². The van der Waals surface area contributed by atoms with Crippen LogP contribution in [0.1, 0.15) is 56.3 Å². The molecule has 0 radical (unpaired) electrons. The van der Waals surface area contributed by atoms with E-state index in [1.54, 1.807) is 6.07 Å². The van der Waals surface area contributed by atoms with Gasteiger partial charge in [0.05, 0.1) is 6.10 Å². The molecule has 0 saturated carbocycles. The number of rotatable bonds is 8. The molecule has 1 unspecified atom stereocenters. The van der Waals surface area contributed by atoms with E-state index in [4.69, 9.17) is 4.74 Å². The van der Waals surface area contributed by atoms with Gasteiger partial charge in [-0.25, -0.2) is 0 Å². The number of hydrogen-bond acceptors (Lipinski definition) is 2. The number of aldehydes is 1. The highest BCUT2D eigenvalue weighted by Gasteiger charge is 2.06. The van der Waals surface area contributed by atoms with E-state index in [2.05, 4.69) is 29.8 Å². The number of benzene rings is 1. The zero-order valence-corrected chi connectivity index (χ0v) is 12.7. The molecule has 0 heterocycles. The highest BCUT2D eigenvalue weighted by atomic mass is 79.9. The molecule has 18 heavy (non-hydrogen) atoms. The minimum absolute atomic E-state index is 0.218. The third-order valence-electron chi connectivity index (χ3n) is 2.90. The fourth-order valence-electron chi connectivity index (χ4n) is 1.83. The lowest BCUT2D eigenvalue weighted by molar-refractivity contribution is 0.112. The van der Waals surface area contributed by atoms with E-state index in [0.717, 1.165) is 22.9 Å². The molecule has 0 saturated heterocycles. The van der Waals surface area contributed by atoms with E-state index in [1.807, 2.05) is 12.1 Å². The molecule has 0 bridgehead atoms. The fraction of sp³-hybridized carbons (Fsp3) is 0.533. The van der Waals surface area contributed by atoms with Crippen LogP contribution in [0.4, 0.5) is 0 Å². The van der Waals surface area contributed by atoms with E-state index in [9.17, 15) is 4.79 Å². The number of halogens is 1. The summed E-state index contributed by atoms with van der Waals surface area (Å²) in [6.07, 6.45) is 7.17. The molecule has 0 aromatic heterocycles. The molecule has 0 aliphatic heterocycles. The molecule has 3 heteroatoms. The zero-order chi connectivity index (χ0) is 13.4. The van der Waals surface area contributed by atoms with Gasteiger partial charge >= 0.3 is 0 Å². The van der Waals surface area contributed by atoms with E-state index in [-0.39, 0.29) is 6.10 Å². The van der Waals surface area contributed by atoms with Crippen LogP contribution in [0, 0.1) is 0 Å². The molecule has 1 atom stereocenters. The van der Waals surface area contributed by atoms with Gasteiger partial charge in [0.25, 0.3) is 0 Å². The third-order valence-corrected chi connectivity index (χ3v) is 3.59. The Kier molecular flexibility index (Phi) is 7.02. The number of carbonyl (C=O) groups is 1. The molecule has 0 amide bonds. The Bertz CT molecular complexity index is 377. The lowest BCUT2D eigenvalue weighted by atomic mass is 10.1. The van der Waals surface area contributed by atoms with Crippen molar-refractivity contribution in [2.45, 2.75) is 52.1 Å². The van der Waals surface area contributed by atoms with Gasteiger partial charge in [-0.15, -0.1) is 0 Å². The first kappa shape index (κ1) is 15.2. The SMILES string of the molecule is CCCCCCC(C)Oc1ccc(C=O)c(Br)c1. The van der Waals surface area contributed by atoms with Gasteiger partial charge in [-0.1, -0.05) is 26.2 Å². The molecule has 0 spiro atoms. The van der Waals surface area contributed by atoms with Gasteiger partial charge in [-0.2, -0.15) is 0 Å². The molecule has 0 aliphatic rings. The van der Waals surface area contributed by atoms with Gasteiger partial charge in [0.1, 0.15) is 5.75 Å². The molecule has 0 fully saturated rings. The Morgan fingerprint density at radius 3 is 2.72 bits per heavy atom. The first-order chi connectivity index (χ1) is 8.67. The monoisotopic (exact) mass is 312 g/mol. The highest BCUT2D eigenvalue weighted by molar-refractivity contribution is 9.10. The Labute approximate surface area is 118 Å². The summed E-state index contributed by atoms with van der Waals surface area (Å²) in [6, 6.07) is 5.47. The minimum atomic E-state index is 0.218. The standard InChI is InChI=1S/C15H21BrO2/c1-3-4-5-6-7-12(2)18-14-9-8-13(11-17)15(16)10-14/h8-12H,3-7H2,1-2H3. The first-order valence-corrected chi connectivity index (χ1v) is 7.38. The van der Waals surface area contributed by atoms with E-state index < -0.39 is 0 Å². The maximum absolute atomic E-state index is 10.7. The minimum Gasteiger partial charge on any atom is -0.491 e. The van der Waals surface area contributed by atoms with Gasteiger partial charge in [-0.3, -0.25) is 4.79 Å². The second-order valence-electron chi connectivity index (χ2n) is 4.58. The average Bonchev–Trinajstić information content (AvgIpc) is 2.35. The lowest BCUT2D eigenvalue weighted by Crippen LogP contribution is -2.11. The van der Waals surface area contributed by atoms with Gasteiger partial charge in [-0.05, 0) is 53.9 Å². The van der Waals surface area contributed by atoms with E-state index in [0.29, 0.717) is 5.56 Å². The summed E-state index contributed by atoms with van der Waals surface area (Å²) in [5, 5.41) is 0. The van der Waals surface area contributed by atoms with Crippen LogP contribution in [-0.4, -0.2) is 12.4 Å². The smallest absolute Gasteiger partial charge is 0.151 e. The summed E-state index contributed by atoms with van der Waals surface area (Å²) in [6.45, 7) is 4.31. The molecule has 100 valence electrons. The van der Waals surface area contributed by atoms with Crippen molar-refractivity contribution in [3.63, 3.8) is 0 Å². The topological polar surface area (TPSA) is 26.3 Å². The van der Waals surface area contributed by atoms with Crippen molar-refractivity contribution in [1.82, 2.24) is 0 Å². The first-order valence-electron chi connectivity index (χ1n) is 6.58. The van der Waals surface area contributed by atoms with Crippen LogP contribution in [0.5, 0.6) is 5.75 Å². The second-order valence-corrected chi connectivity index (χ2v) is 5.43.